The first-order valence-corrected chi connectivity index (χ1v) is 11.0. The van der Waals surface area contributed by atoms with E-state index in [0.29, 0.717) is 22.8 Å². The van der Waals surface area contributed by atoms with Gasteiger partial charge in [-0.1, -0.05) is 37.6 Å². The van der Waals surface area contributed by atoms with Gasteiger partial charge in [-0.3, -0.25) is 14.5 Å². The summed E-state index contributed by atoms with van der Waals surface area (Å²) in [7, 11) is 0. The van der Waals surface area contributed by atoms with Gasteiger partial charge in [0.2, 0.25) is 5.91 Å². The molecule has 0 saturated heterocycles. The van der Waals surface area contributed by atoms with Gasteiger partial charge in [0.1, 0.15) is 5.82 Å². The highest BCUT2D eigenvalue weighted by molar-refractivity contribution is 6.31. The van der Waals surface area contributed by atoms with E-state index in [-0.39, 0.29) is 23.4 Å². The molecule has 5 nitrogen and oxygen atoms in total. The fourth-order valence-electron chi connectivity index (χ4n) is 4.88. The molecule has 0 aliphatic carbocycles. The van der Waals surface area contributed by atoms with E-state index >= 15 is 0 Å². The third-order valence-corrected chi connectivity index (χ3v) is 6.48. The first-order chi connectivity index (χ1) is 15.3. The van der Waals surface area contributed by atoms with Gasteiger partial charge in [-0.15, -0.1) is 0 Å². The van der Waals surface area contributed by atoms with E-state index < -0.39 is 11.7 Å². The lowest BCUT2D eigenvalue weighted by molar-refractivity contribution is -0.139. The average molecular weight is 452 g/mol. The zero-order chi connectivity index (χ0) is 22.7. The Morgan fingerprint density at radius 3 is 2.72 bits per heavy atom. The van der Waals surface area contributed by atoms with Gasteiger partial charge in [-0.2, -0.15) is 0 Å². The summed E-state index contributed by atoms with van der Waals surface area (Å²) in [6, 6.07) is 10.3. The van der Waals surface area contributed by atoms with Crippen LogP contribution in [0.15, 0.2) is 53.9 Å². The Bertz CT molecular complexity index is 1320. The van der Waals surface area contributed by atoms with Crippen LogP contribution in [0.3, 0.4) is 0 Å². The lowest BCUT2D eigenvalue weighted by Crippen LogP contribution is -2.33. The number of aromatic nitrogens is 1. The maximum absolute atomic E-state index is 13.9. The molecule has 0 radical (unpaired) electrons. The summed E-state index contributed by atoms with van der Waals surface area (Å²) in [5.41, 5.74) is 4.65. The second-order valence-corrected chi connectivity index (χ2v) is 9.26. The Morgan fingerprint density at radius 2 is 2.03 bits per heavy atom. The van der Waals surface area contributed by atoms with Gasteiger partial charge in [-0.25, -0.2) is 4.39 Å². The Kier molecular flexibility index (Phi) is 4.86. The molecule has 5 rings (SSSR count). The van der Waals surface area contributed by atoms with Crippen LogP contribution in [-0.2, 0) is 16.1 Å². The highest BCUT2D eigenvalue weighted by Gasteiger charge is 2.42. The minimum Gasteiger partial charge on any atom is -0.356 e. The number of imide groups is 1. The molecule has 1 atom stereocenters. The molecule has 1 aromatic heterocycles. The number of carbonyl (C=O) groups excluding carboxylic acids is 2. The average Bonchev–Trinajstić information content (AvgIpc) is 3.18. The van der Waals surface area contributed by atoms with Crippen molar-refractivity contribution in [3.05, 3.63) is 75.8 Å². The smallest absolute Gasteiger partial charge is 0.259 e. The number of carbonyl (C=O) groups is 2. The number of rotatable bonds is 3. The van der Waals surface area contributed by atoms with E-state index in [0.717, 1.165) is 28.7 Å². The zero-order valence-corrected chi connectivity index (χ0v) is 18.8. The van der Waals surface area contributed by atoms with Crippen LogP contribution in [0.5, 0.6) is 0 Å². The first-order valence-electron chi connectivity index (χ1n) is 10.7. The molecule has 3 heterocycles. The summed E-state index contributed by atoms with van der Waals surface area (Å²) in [6.07, 6.45) is 2.07. The second kappa shape index (κ2) is 7.48. The summed E-state index contributed by atoms with van der Waals surface area (Å²) >= 11 is 6.52. The molecule has 2 aliphatic heterocycles. The van der Waals surface area contributed by atoms with Crippen LogP contribution in [0.4, 0.5) is 10.1 Å². The van der Waals surface area contributed by atoms with Crippen molar-refractivity contribution in [2.45, 2.75) is 33.2 Å². The minimum atomic E-state index is -0.526. The van der Waals surface area contributed by atoms with Crippen molar-refractivity contribution < 1.29 is 14.0 Å². The van der Waals surface area contributed by atoms with Crippen LogP contribution < -0.4 is 5.32 Å². The standard InChI is InChI=1S/C25H23ClFN3O2/c1-13(2)10-29-11-17-22(16-8-7-15(27)9-18(16)26)24-20(12-30(14(3)31)25(24)32)28-19-5-4-6-21(29)23(17)19/h4-9,11,13,22,28H,10,12H2,1-3H3. The first kappa shape index (κ1) is 20.8. The largest absolute Gasteiger partial charge is 0.356 e. The summed E-state index contributed by atoms with van der Waals surface area (Å²) in [5.74, 6) is -1.21. The maximum Gasteiger partial charge on any atom is 0.259 e. The van der Waals surface area contributed by atoms with Crippen molar-refractivity contribution in [3.63, 3.8) is 0 Å². The Labute approximate surface area is 190 Å². The number of anilines is 1. The minimum absolute atomic E-state index is 0.172. The third-order valence-electron chi connectivity index (χ3n) is 6.15. The van der Waals surface area contributed by atoms with Gasteiger partial charge in [0.25, 0.3) is 5.91 Å². The quantitative estimate of drug-likeness (QED) is 0.588. The molecular weight excluding hydrogens is 429 g/mol. The van der Waals surface area contributed by atoms with Crippen LogP contribution in [0, 0.1) is 11.7 Å². The monoisotopic (exact) mass is 451 g/mol. The predicted octanol–water partition coefficient (Wildman–Crippen LogP) is 5.29. The van der Waals surface area contributed by atoms with Crippen molar-refractivity contribution in [1.29, 1.82) is 0 Å². The molecular formula is C25H23ClFN3O2. The normalized spacial score (nSPS) is 17.8. The number of nitrogens with zero attached hydrogens (tertiary/aromatic N) is 2. The van der Waals surface area contributed by atoms with Gasteiger partial charge in [0.15, 0.2) is 0 Å². The number of amides is 2. The van der Waals surface area contributed by atoms with Gasteiger partial charge in [0.05, 0.1) is 17.6 Å². The van der Waals surface area contributed by atoms with E-state index in [1.807, 2.05) is 12.1 Å². The van der Waals surface area contributed by atoms with E-state index in [2.05, 4.69) is 36.0 Å². The topological polar surface area (TPSA) is 54.3 Å². The lowest BCUT2D eigenvalue weighted by Gasteiger charge is -2.20. The lowest BCUT2D eigenvalue weighted by atomic mass is 9.84. The molecule has 0 bridgehead atoms. The van der Waals surface area contributed by atoms with Crippen molar-refractivity contribution in [2.75, 3.05) is 11.9 Å². The fourth-order valence-corrected chi connectivity index (χ4v) is 5.15. The van der Waals surface area contributed by atoms with Crippen molar-refractivity contribution >= 4 is 40.0 Å². The number of halogens is 2. The van der Waals surface area contributed by atoms with Crippen LogP contribution in [0.2, 0.25) is 5.02 Å². The predicted molar refractivity (Wildman–Crippen MR) is 123 cm³/mol. The van der Waals surface area contributed by atoms with Crippen LogP contribution >= 0.6 is 11.6 Å². The highest BCUT2D eigenvalue weighted by Crippen LogP contribution is 2.48. The molecule has 1 N–H and O–H groups in total. The molecule has 7 heteroatoms. The summed E-state index contributed by atoms with van der Waals surface area (Å²) < 4.78 is 16.1. The summed E-state index contributed by atoms with van der Waals surface area (Å²) in [6.45, 7) is 6.67. The SMILES string of the molecule is CC(=O)N1CC2=C(C1=O)C(c1ccc(F)cc1Cl)c1cn(CC(C)C)c3cccc(c13)N2. The van der Waals surface area contributed by atoms with Crippen LogP contribution in [-0.4, -0.2) is 27.8 Å². The molecule has 164 valence electrons. The van der Waals surface area contributed by atoms with E-state index in [4.69, 9.17) is 11.6 Å². The molecule has 0 spiro atoms. The summed E-state index contributed by atoms with van der Waals surface area (Å²) in [5, 5.41) is 4.69. The second-order valence-electron chi connectivity index (χ2n) is 8.86. The van der Waals surface area contributed by atoms with Crippen molar-refractivity contribution in [3.8, 4) is 0 Å². The van der Waals surface area contributed by atoms with Gasteiger partial charge in [-0.05, 0) is 41.3 Å². The molecule has 2 aliphatic rings. The molecule has 1 unspecified atom stereocenters. The number of hydrogen-bond donors (Lipinski definition) is 1. The van der Waals surface area contributed by atoms with Crippen molar-refractivity contribution in [2.24, 2.45) is 5.92 Å². The Morgan fingerprint density at radius 1 is 1.25 bits per heavy atom. The molecule has 3 aromatic rings. The molecule has 2 amide bonds. The molecule has 0 fully saturated rings. The van der Waals surface area contributed by atoms with Gasteiger partial charge >= 0.3 is 0 Å². The highest BCUT2D eigenvalue weighted by atomic mass is 35.5. The van der Waals surface area contributed by atoms with E-state index in [1.165, 1.54) is 24.0 Å². The summed E-state index contributed by atoms with van der Waals surface area (Å²) in [4.78, 5) is 26.8. The molecule has 2 aromatic carbocycles. The third kappa shape index (κ3) is 3.13. The number of benzene rings is 2. The zero-order valence-electron chi connectivity index (χ0n) is 18.1. The van der Waals surface area contributed by atoms with Gasteiger partial charge < -0.3 is 9.88 Å². The van der Waals surface area contributed by atoms with E-state index in [1.54, 1.807) is 6.07 Å². The van der Waals surface area contributed by atoms with E-state index in [9.17, 15) is 14.0 Å². The van der Waals surface area contributed by atoms with Crippen LogP contribution in [0.1, 0.15) is 37.8 Å². The van der Waals surface area contributed by atoms with Crippen molar-refractivity contribution in [1.82, 2.24) is 9.47 Å². The number of hydrogen-bond acceptors (Lipinski definition) is 3. The Balaban J connectivity index is 1.82. The fraction of sp³-hybridized carbons (Fsp3) is 0.280. The molecule has 0 saturated carbocycles. The Hall–Kier alpha value is -3.12. The number of nitrogens with one attached hydrogen (secondary N) is 1. The van der Waals surface area contributed by atoms with Gasteiger partial charge in [0, 0.05) is 47.4 Å². The maximum atomic E-state index is 13.9. The van der Waals surface area contributed by atoms with Crippen LogP contribution in [0.25, 0.3) is 10.9 Å². The molecule has 32 heavy (non-hydrogen) atoms.